The van der Waals surface area contributed by atoms with Crippen molar-refractivity contribution in [1.82, 2.24) is 0 Å². The Hall–Kier alpha value is -3.56. The summed E-state index contributed by atoms with van der Waals surface area (Å²) in [5.74, 6) is 1.66. The van der Waals surface area contributed by atoms with E-state index in [4.69, 9.17) is 15.2 Å². The van der Waals surface area contributed by atoms with Gasteiger partial charge in [-0.3, -0.25) is 0 Å². The molecule has 0 aliphatic heterocycles. The van der Waals surface area contributed by atoms with Crippen LogP contribution in [0.4, 0.5) is 0 Å². The van der Waals surface area contributed by atoms with Gasteiger partial charge in [0, 0.05) is 11.6 Å². The molecule has 0 radical (unpaired) electrons. The molecule has 4 aromatic rings. The molecule has 174 valence electrons. The van der Waals surface area contributed by atoms with Crippen molar-refractivity contribution in [1.29, 1.82) is 0 Å². The first-order valence-corrected chi connectivity index (χ1v) is 12.1. The molecule has 0 aliphatic rings. The molecule has 0 amide bonds. The number of hydrogen-bond acceptors (Lipinski definition) is 3. The summed E-state index contributed by atoms with van der Waals surface area (Å²) in [7, 11) is 1.68. The van der Waals surface area contributed by atoms with Crippen molar-refractivity contribution in [3.63, 3.8) is 0 Å². The molecular formula is C31H33NO2. The Bertz CT molecular complexity index is 1150. The predicted molar refractivity (Wildman–Crippen MR) is 142 cm³/mol. The van der Waals surface area contributed by atoms with Gasteiger partial charge in [-0.25, -0.2) is 0 Å². The van der Waals surface area contributed by atoms with Gasteiger partial charge < -0.3 is 15.2 Å². The van der Waals surface area contributed by atoms with Crippen molar-refractivity contribution < 1.29 is 9.47 Å². The fourth-order valence-electron chi connectivity index (χ4n) is 4.10. The zero-order chi connectivity index (χ0) is 23.6. The number of rotatable bonds is 11. The second kappa shape index (κ2) is 12.1. The van der Waals surface area contributed by atoms with E-state index in [2.05, 4.69) is 78.9 Å². The number of ether oxygens (including phenoxy) is 2. The van der Waals surface area contributed by atoms with Crippen LogP contribution in [0.2, 0.25) is 0 Å². The topological polar surface area (TPSA) is 44.5 Å². The van der Waals surface area contributed by atoms with Gasteiger partial charge in [-0.05, 0) is 59.3 Å². The minimum absolute atomic E-state index is 0.691. The summed E-state index contributed by atoms with van der Waals surface area (Å²) < 4.78 is 11.6. The van der Waals surface area contributed by atoms with Crippen LogP contribution in [0, 0.1) is 0 Å². The van der Waals surface area contributed by atoms with Crippen LogP contribution >= 0.6 is 0 Å². The third-order valence-corrected chi connectivity index (χ3v) is 6.07. The van der Waals surface area contributed by atoms with Crippen molar-refractivity contribution in [2.75, 3.05) is 20.3 Å². The summed E-state index contributed by atoms with van der Waals surface area (Å²) in [6.07, 6.45) is 4.38. The number of nitrogens with two attached hydrogens (primary N) is 1. The van der Waals surface area contributed by atoms with Crippen LogP contribution < -0.4 is 15.2 Å². The second-order valence-electron chi connectivity index (χ2n) is 8.43. The Morgan fingerprint density at radius 1 is 0.588 bits per heavy atom. The maximum absolute atomic E-state index is 6.17. The molecule has 3 nitrogen and oxygen atoms in total. The van der Waals surface area contributed by atoms with Gasteiger partial charge in [-0.1, -0.05) is 91.7 Å². The Morgan fingerprint density at radius 2 is 1.15 bits per heavy atom. The summed E-state index contributed by atoms with van der Waals surface area (Å²) in [4.78, 5) is 0. The molecule has 0 fully saturated rings. The van der Waals surface area contributed by atoms with Gasteiger partial charge in [0.05, 0.1) is 13.7 Å². The van der Waals surface area contributed by atoms with E-state index >= 15 is 0 Å². The molecule has 0 aromatic heterocycles. The van der Waals surface area contributed by atoms with E-state index in [9.17, 15) is 0 Å². The Balaban J connectivity index is 1.48. The summed E-state index contributed by atoms with van der Waals surface area (Å²) in [5.41, 5.74) is 12.6. The SMILES string of the molecule is COc1ccc(-c2ccc(-c3ccc(-c4ccccc4)cc3)cc2)c(OCCCCCCN)c1. The van der Waals surface area contributed by atoms with Crippen molar-refractivity contribution in [2.45, 2.75) is 25.7 Å². The van der Waals surface area contributed by atoms with E-state index in [0.717, 1.165) is 54.9 Å². The van der Waals surface area contributed by atoms with Crippen molar-refractivity contribution in [3.8, 4) is 44.9 Å². The smallest absolute Gasteiger partial charge is 0.130 e. The quantitative estimate of drug-likeness (QED) is 0.239. The highest BCUT2D eigenvalue weighted by Gasteiger charge is 2.09. The normalized spacial score (nSPS) is 10.8. The van der Waals surface area contributed by atoms with E-state index in [1.165, 1.54) is 22.3 Å². The summed E-state index contributed by atoms with van der Waals surface area (Å²) in [6.45, 7) is 1.45. The highest BCUT2D eigenvalue weighted by atomic mass is 16.5. The number of unbranched alkanes of at least 4 members (excludes halogenated alkanes) is 3. The number of methoxy groups -OCH3 is 1. The van der Waals surface area contributed by atoms with E-state index in [0.29, 0.717) is 6.61 Å². The van der Waals surface area contributed by atoms with Crippen molar-refractivity contribution in [3.05, 3.63) is 97.1 Å². The average Bonchev–Trinajstić information content (AvgIpc) is 2.91. The summed E-state index contributed by atoms with van der Waals surface area (Å²) >= 11 is 0. The molecule has 0 bridgehead atoms. The van der Waals surface area contributed by atoms with Gasteiger partial charge in [0.15, 0.2) is 0 Å². The summed E-state index contributed by atoms with van der Waals surface area (Å²) in [5, 5.41) is 0. The van der Waals surface area contributed by atoms with E-state index in [1.807, 2.05) is 18.2 Å². The standard InChI is InChI=1S/C31H33NO2/c1-33-29-19-20-30(31(23-29)34-22-8-3-2-7-21-32)28-17-15-27(16-18-28)26-13-11-25(12-14-26)24-9-5-4-6-10-24/h4-6,9-20,23H,2-3,7-8,21-22,32H2,1H3. The first-order valence-electron chi connectivity index (χ1n) is 12.1. The minimum Gasteiger partial charge on any atom is -0.497 e. The zero-order valence-corrected chi connectivity index (χ0v) is 19.9. The molecular weight excluding hydrogens is 418 g/mol. The van der Waals surface area contributed by atoms with Gasteiger partial charge >= 0.3 is 0 Å². The van der Waals surface area contributed by atoms with Crippen LogP contribution in [-0.2, 0) is 0 Å². The lowest BCUT2D eigenvalue weighted by Crippen LogP contribution is -2.01. The van der Waals surface area contributed by atoms with Gasteiger partial charge in [0.25, 0.3) is 0 Å². The fourth-order valence-corrected chi connectivity index (χ4v) is 4.10. The van der Waals surface area contributed by atoms with E-state index in [-0.39, 0.29) is 0 Å². The van der Waals surface area contributed by atoms with Gasteiger partial charge in [-0.2, -0.15) is 0 Å². The van der Waals surface area contributed by atoms with Crippen LogP contribution in [-0.4, -0.2) is 20.3 Å². The Kier molecular flexibility index (Phi) is 8.37. The third kappa shape index (κ3) is 6.06. The molecule has 0 heterocycles. The molecule has 2 N–H and O–H groups in total. The van der Waals surface area contributed by atoms with Crippen LogP contribution in [0.15, 0.2) is 97.1 Å². The maximum atomic E-state index is 6.17. The first kappa shape index (κ1) is 23.6. The van der Waals surface area contributed by atoms with Gasteiger partial charge in [0.1, 0.15) is 11.5 Å². The molecule has 0 aliphatic carbocycles. The molecule has 0 unspecified atom stereocenters. The molecule has 4 rings (SSSR count). The molecule has 0 saturated carbocycles. The molecule has 0 spiro atoms. The molecule has 34 heavy (non-hydrogen) atoms. The highest BCUT2D eigenvalue weighted by Crippen LogP contribution is 2.35. The van der Waals surface area contributed by atoms with Crippen LogP contribution in [0.1, 0.15) is 25.7 Å². The largest absolute Gasteiger partial charge is 0.497 e. The minimum atomic E-state index is 0.691. The lowest BCUT2D eigenvalue weighted by molar-refractivity contribution is 0.304. The highest BCUT2D eigenvalue weighted by molar-refractivity contribution is 5.76. The lowest BCUT2D eigenvalue weighted by Gasteiger charge is -2.14. The maximum Gasteiger partial charge on any atom is 0.130 e. The third-order valence-electron chi connectivity index (χ3n) is 6.07. The Morgan fingerprint density at radius 3 is 1.74 bits per heavy atom. The molecule has 0 atom stereocenters. The molecule has 4 aromatic carbocycles. The fraction of sp³-hybridized carbons (Fsp3) is 0.226. The second-order valence-corrected chi connectivity index (χ2v) is 8.43. The first-order chi connectivity index (χ1) is 16.8. The Labute approximate surface area is 203 Å². The van der Waals surface area contributed by atoms with Crippen LogP contribution in [0.3, 0.4) is 0 Å². The van der Waals surface area contributed by atoms with Crippen LogP contribution in [0.25, 0.3) is 33.4 Å². The van der Waals surface area contributed by atoms with Crippen molar-refractivity contribution >= 4 is 0 Å². The lowest BCUT2D eigenvalue weighted by atomic mass is 9.98. The van der Waals surface area contributed by atoms with Crippen molar-refractivity contribution in [2.24, 2.45) is 5.73 Å². The van der Waals surface area contributed by atoms with Gasteiger partial charge in [-0.15, -0.1) is 0 Å². The number of hydrogen-bond donors (Lipinski definition) is 1. The van der Waals surface area contributed by atoms with E-state index < -0.39 is 0 Å². The van der Waals surface area contributed by atoms with E-state index in [1.54, 1.807) is 7.11 Å². The predicted octanol–water partition coefficient (Wildman–Crippen LogP) is 7.59. The monoisotopic (exact) mass is 451 g/mol. The average molecular weight is 452 g/mol. The molecule has 0 saturated heterocycles. The summed E-state index contributed by atoms with van der Waals surface area (Å²) in [6, 6.07) is 33.9. The zero-order valence-electron chi connectivity index (χ0n) is 19.9. The number of benzene rings is 4. The van der Waals surface area contributed by atoms with Crippen LogP contribution in [0.5, 0.6) is 11.5 Å². The van der Waals surface area contributed by atoms with Gasteiger partial charge in [0.2, 0.25) is 0 Å². The molecule has 3 heteroatoms.